The van der Waals surface area contributed by atoms with E-state index >= 15 is 0 Å². The average molecular weight is 388 g/mol. The summed E-state index contributed by atoms with van der Waals surface area (Å²) in [5.41, 5.74) is 10.3. The van der Waals surface area contributed by atoms with Gasteiger partial charge in [0, 0.05) is 11.8 Å². The lowest BCUT2D eigenvalue weighted by Crippen LogP contribution is -2.03. The molecule has 0 atom stereocenters. The van der Waals surface area contributed by atoms with Gasteiger partial charge in [-0.05, 0) is 69.9 Å². The van der Waals surface area contributed by atoms with Crippen molar-refractivity contribution < 1.29 is 0 Å². The molecule has 0 amide bonds. The van der Waals surface area contributed by atoms with E-state index < -0.39 is 0 Å². The van der Waals surface area contributed by atoms with E-state index in [2.05, 4.69) is 63.1 Å². The van der Waals surface area contributed by atoms with Crippen molar-refractivity contribution in [3.63, 3.8) is 0 Å². The fourth-order valence-electron chi connectivity index (χ4n) is 4.15. The molecule has 0 aliphatic rings. The Balaban J connectivity index is 1.98. The second kappa shape index (κ2) is 7.47. The maximum absolute atomic E-state index is 4.94. The van der Waals surface area contributed by atoms with Crippen LogP contribution in [0.1, 0.15) is 61.3 Å². The summed E-state index contributed by atoms with van der Waals surface area (Å²) in [6.07, 6.45) is 6.71. The molecule has 0 aliphatic carbocycles. The van der Waals surface area contributed by atoms with Gasteiger partial charge in [0.05, 0.1) is 22.8 Å². The third-order valence-electron chi connectivity index (χ3n) is 5.51. The molecule has 0 bridgehead atoms. The summed E-state index contributed by atoms with van der Waals surface area (Å²) in [4.78, 5) is 9.81. The van der Waals surface area contributed by atoms with E-state index in [0.717, 1.165) is 57.3 Å². The number of aromatic nitrogens is 5. The quantitative estimate of drug-likeness (QED) is 0.397. The van der Waals surface area contributed by atoms with Crippen LogP contribution < -0.4 is 0 Å². The van der Waals surface area contributed by atoms with E-state index in [-0.39, 0.29) is 0 Å². The minimum atomic E-state index is 0.928. The van der Waals surface area contributed by atoms with E-state index in [9.17, 15) is 0 Å². The van der Waals surface area contributed by atoms with Crippen LogP contribution in [0.4, 0.5) is 0 Å². The predicted molar refractivity (Wildman–Crippen MR) is 119 cm³/mol. The van der Waals surface area contributed by atoms with E-state index in [4.69, 9.17) is 15.1 Å². The van der Waals surface area contributed by atoms with Crippen LogP contribution in [-0.2, 0) is 6.42 Å². The molecule has 0 fully saturated rings. The van der Waals surface area contributed by atoms with Crippen molar-refractivity contribution in [2.75, 3.05) is 0 Å². The third-order valence-corrected chi connectivity index (χ3v) is 5.51. The molecule has 4 rings (SSSR count). The molecule has 0 saturated carbocycles. The molecule has 0 N–H and O–H groups in total. The summed E-state index contributed by atoms with van der Waals surface area (Å²) in [5, 5.41) is 4.84. The molecule has 4 aromatic heterocycles. The zero-order chi connectivity index (χ0) is 20.7. The molecular weight excluding hydrogens is 358 g/mol. The summed E-state index contributed by atoms with van der Waals surface area (Å²) in [5.74, 6) is 0. The summed E-state index contributed by atoms with van der Waals surface area (Å²) < 4.78 is 4.17. The first kappa shape index (κ1) is 19.4. The number of imidazole rings is 2. The molecule has 0 aliphatic heterocycles. The first-order valence-corrected chi connectivity index (χ1v) is 10.4. The van der Waals surface area contributed by atoms with Crippen molar-refractivity contribution >= 4 is 16.9 Å². The Morgan fingerprint density at radius 3 is 2.48 bits per heavy atom. The summed E-state index contributed by atoms with van der Waals surface area (Å²) in [6, 6.07) is 6.31. The zero-order valence-electron chi connectivity index (χ0n) is 18.1. The first-order chi connectivity index (χ1) is 13.9. The Labute approximate surface area is 172 Å². The molecule has 29 heavy (non-hydrogen) atoms. The Kier molecular flexibility index (Phi) is 4.99. The molecule has 5 nitrogen and oxygen atoms in total. The normalized spacial score (nSPS) is 11.6. The van der Waals surface area contributed by atoms with Crippen molar-refractivity contribution in [3.8, 4) is 11.4 Å². The van der Waals surface area contributed by atoms with Crippen molar-refractivity contribution in [2.45, 2.75) is 60.3 Å². The molecule has 0 saturated heterocycles. The van der Waals surface area contributed by atoms with Crippen molar-refractivity contribution in [1.29, 1.82) is 0 Å². The van der Waals surface area contributed by atoms with Gasteiger partial charge in [0.25, 0.3) is 0 Å². The second-order valence-corrected chi connectivity index (χ2v) is 7.99. The molecule has 0 aromatic carbocycles. The van der Waals surface area contributed by atoms with Crippen molar-refractivity contribution in [2.24, 2.45) is 0 Å². The number of hydrogen-bond donors (Lipinski definition) is 0. The van der Waals surface area contributed by atoms with Crippen LogP contribution in [0, 0.1) is 20.8 Å². The van der Waals surface area contributed by atoms with Gasteiger partial charge in [-0.3, -0.25) is 4.40 Å². The molecule has 0 spiro atoms. The highest BCUT2D eigenvalue weighted by atomic mass is 15.3. The van der Waals surface area contributed by atoms with E-state index in [1.54, 1.807) is 0 Å². The van der Waals surface area contributed by atoms with E-state index in [1.165, 1.54) is 24.8 Å². The van der Waals surface area contributed by atoms with Crippen LogP contribution in [0.15, 0.2) is 31.0 Å². The van der Waals surface area contributed by atoms with E-state index in [0.29, 0.717) is 0 Å². The lowest BCUT2D eigenvalue weighted by Gasteiger charge is -2.09. The molecule has 4 heterocycles. The molecular formula is C24H29N5. The van der Waals surface area contributed by atoms with Crippen LogP contribution in [0.5, 0.6) is 0 Å². The van der Waals surface area contributed by atoms with Gasteiger partial charge < -0.3 is 0 Å². The molecule has 150 valence electrons. The van der Waals surface area contributed by atoms with Gasteiger partial charge in [-0.1, -0.05) is 26.3 Å². The van der Waals surface area contributed by atoms with Gasteiger partial charge in [0.1, 0.15) is 11.3 Å². The summed E-state index contributed by atoms with van der Waals surface area (Å²) in [6.45, 7) is 14.6. The number of rotatable bonds is 6. The average Bonchev–Trinajstić information content (AvgIpc) is 3.16. The number of pyridine rings is 1. The van der Waals surface area contributed by atoms with Gasteiger partial charge in [0.2, 0.25) is 0 Å². The second-order valence-electron chi connectivity index (χ2n) is 7.99. The standard InChI is InChI=1S/C24H29N5/c1-7-8-9-11-19-14-16(4)27-29-22(18(6)25-23(19)29)21-17(5)26-24-20(15(2)3)12-10-13-28(21)24/h10,12-14H,2,7-9,11H2,1,3-6H3. The van der Waals surface area contributed by atoms with Crippen molar-refractivity contribution in [1.82, 2.24) is 24.0 Å². The lowest BCUT2D eigenvalue weighted by molar-refractivity contribution is 0.714. The molecule has 0 radical (unpaired) electrons. The lowest BCUT2D eigenvalue weighted by atomic mass is 10.1. The number of allylic oxidation sites excluding steroid dienone is 1. The van der Waals surface area contributed by atoms with Gasteiger partial charge in [-0.15, -0.1) is 0 Å². The molecule has 4 aromatic rings. The summed E-state index contributed by atoms with van der Waals surface area (Å²) >= 11 is 0. The highest BCUT2D eigenvalue weighted by Gasteiger charge is 2.22. The number of aryl methyl sites for hydroxylation is 4. The van der Waals surface area contributed by atoms with Crippen molar-refractivity contribution in [3.05, 3.63) is 59.2 Å². The maximum atomic E-state index is 4.94. The highest BCUT2D eigenvalue weighted by molar-refractivity contribution is 5.78. The third kappa shape index (κ3) is 3.24. The fourth-order valence-corrected chi connectivity index (χ4v) is 4.15. The van der Waals surface area contributed by atoms with Gasteiger partial charge in [-0.2, -0.15) is 5.10 Å². The fraction of sp³-hybridized carbons (Fsp3) is 0.375. The number of unbranched alkanes of at least 4 members (excludes halogenated alkanes) is 2. The first-order valence-electron chi connectivity index (χ1n) is 10.4. The predicted octanol–water partition coefficient (Wildman–Crippen LogP) is 5.74. The highest BCUT2D eigenvalue weighted by Crippen LogP contribution is 2.31. The Hall–Kier alpha value is -2.95. The number of hydrogen-bond acceptors (Lipinski definition) is 3. The maximum Gasteiger partial charge on any atom is 0.157 e. The molecule has 5 heteroatoms. The van der Waals surface area contributed by atoms with Crippen LogP contribution >= 0.6 is 0 Å². The van der Waals surface area contributed by atoms with Gasteiger partial charge >= 0.3 is 0 Å². The van der Waals surface area contributed by atoms with Crippen LogP contribution in [0.25, 0.3) is 28.3 Å². The molecule has 0 unspecified atom stereocenters. The SMILES string of the molecule is C=C(C)c1cccn2c(-c3c(C)nc4c(CCCCC)cc(C)nn34)c(C)nc12. The largest absolute Gasteiger partial charge is 0.297 e. The minimum Gasteiger partial charge on any atom is -0.297 e. The monoisotopic (exact) mass is 387 g/mol. The number of nitrogens with zero attached hydrogens (tertiary/aromatic N) is 5. The Morgan fingerprint density at radius 1 is 1.03 bits per heavy atom. The van der Waals surface area contributed by atoms with Crippen LogP contribution in [-0.4, -0.2) is 24.0 Å². The topological polar surface area (TPSA) is 47.5 Å². The van der Waals surface area contributed by atoms with Gasteiger partial charge in [-0.25, -0.2) is 14.5 Å². The Morgan fingerprint density at radius 2 is 1.76 bits per heavy atom. The van der Waals surface area contributed by atoms with E-state index in [1.807, 2.05) is 11.4 Å². The zero-order valence-corrected chi connectivity index (χ0v) is 18.1. The minimum absolute atomic E-state index is 0.928. The van der Waals surface area contributed by atoms with Crippen LogP contribution in [0.3, 0.4) is 0 Å². The van der Waals surface area contributed by atoms with Crippen LogP contribution in [0.2, 0.25) is 0 Å². The Bertz CT molecular complexity index is 1230. The smallest absolute Gasteiger partial charge is 0.157 e. The summed E-state index contributed by atoms with van der Waals surface area (Å²) in [7, 11) is 0. The number of fused-ring (bicyclic) bond motifs is 2. The van der Waals surface area contributed by atoms with Gasteiger partial charge in [0.15, 0.2) is 5.65 Å².